The lowest BCUT2D eigenvalue weighted by atomic mass is 10.1. The standard InChI is InChI=1S/C11H21NO4/c1-12(9-11(15)16)8-6-4-2-3-5-7-10(13)14/h2-9H2,1H3,(H,13,14)(H,15,16). The van der Waals surface area contributed by atoms with E-state index in [1.165, 1.54) is 0 Å². The van der Waals surface area contributed by atoms with Crippen LogP contribution in [0.4, 0.5) is 0 Å². The summed E-state index contributed by atoms with van der Waals surface area (Å²) in [6.45, 7) is 0.865. The fourth-order valence-electron chi connectivity index (χ4n) is 1.50. The predicted molar refractivity (Wildman–Crippen MR) is 60.5 cm³/mol. The number of carboxylic acid groups (broad SMARTS) is 2. The molecule has 16 heavy (non-hydrogen) atoms. The minimum Gasteiger partial charge on any atom is -0.481 e. The molecule has 0 aliphatic heterocycles. The van der Waals surface area contributed by atoms with Gasteiger partial charge in [-0.1, -0.05) is 19.3 Å². The Morgan fingerprint density at radius 1 is 0.938 bits per heavy atom. The first-order chi connectivity index (χ1) is 7.52. The number of aliphatic carboxylic acids is 2. The third-order valence-electron chi connectivity index (χ3n) is 2.34. The highest BCUT2D eigenvalue weighted by atomic mass is 16.4. The number of carboxylic acids is 2. The van der Waals surface area contributed by atoms with Gasteiger partial charge in [-0.2, -0.15) is 0 Å². The highest BCUT2D eigenvalue weighted by Crippen LogP contribution is 2.05. The summed E-state index contributed by atoms with van der Waals surface area (Å²) in [4.78, 5) is 22.3. The van der Waals surface area contributed by atoms with Crippen LogP contribution < -0.4 is 0 Å². The van der Waals surface area contributed by atoms with Crippen LogP contribution in [-0.2, 0) is 9.59 Å². The normalized spacial score (nSPS) is 10.6. The monoisotopic (exact) mass is 231 g/mol. The van der Waals surface area contributed by atoms with Crippen molar-refractivity contribution in [2.75, 3.05) is 20.1 Å². The van der Waals surface area contributed by atoms with Gasteiger partial charge in [0.1, 0.15) is 0 Å². The molecule has 5 nitrogen and oxygen atoms in total. The molecule has 0 heterocycles. The molecule has 0 fully saturated rings. The molecule has 5 heteroatoms. The van der Waals surface area contributed by atoms with E-state index in [1.807, 2.05) is 0 Å². The Kier molecular flexibility index (Phi) is 8.52. The molecule has 0 saturated heterocycles. The van der Waals surface area contributed by atoms with Gasteiger partial charge in [0.15, 0.2) is 0 Å². The third-order valence-corrected chi connectivity index (χ3v) is 2.34. The summed E-state index contributed by atoms with van der Waals surface area (Å²) < 4.78 is 0. The van der Waals surface area contributed by atoms with E-state index in [1.54, 1.807) is 11.9 Å². The number of unbranched alkanes of at least 4 members (excludes halogenated alkanes) is 4. The van der Waals surface area contributed by atoms with Crippen molar-refractivity contribution >= 4 is 11.9 Å². The smallest absolute Gasteiger partial charge is 0.317 e. The number of carbonyl (C=O) groups is 2. The molecule has 2 N–H and O–H groups in total. The molecule has 0 rings (SSSR count). The molecule has 0 spiro atoms. The SMILES string of the molecule is CN(CCCCCCCC(=O)O)CC(=O)O. The van der Waals surface area contributed by atoms with Crippen molar-refractivity contribution in [1.82, 2.24) is 4.90 Å². The van der Waals surface area contributed by atoms with E-state index in [0.717, 1.165) is 38.6 Å². The first-order valence-electron chi connectivity index (χ1n) is 5.64. The summed E-state index contributed by atoms with van der Waals surface area (Å²) in [7, 11) is 1.79. The Labute approximate surface area is 96.1 Å². The lowest BCUT2D eigenvalue weighted by molar-refractivity contribution is -0.138. The van der Waals surface area contributed by atoms with Crippen LogP contribution >= 0.6 is 0 Å². The maximum absolute atomic E-state index is 10.4. The zero-order valence-corrected chi connectivity index (χ0v) is 9.81. The Hall–Kier alpha value is -1.10. The summed E-state index contributed by atoms with van der Waals surface area (Å²) in [5.41, 5.74) is 0. The molecule has 0 amide bonds. The number of rotatable bonds is 10. The van der Waals surface area contributed by atoms with E-state index in [0.29, 0.717) is 0 Å². The van der Waals surface area contributed by atoms with Gasteiger partial charge in [-0.05, 0) is 26.4 Å². The summed E-state index contributed by atoms with van der Waals surface area (Å²) in [6, 6.07) is 0. The number of hydrogen-bond donors (Lipinski definition) is 2. The predicted octanol–water partition coefficient (Wildman–Crippen LogP) is 1.43. The van der Waals surface area contributed by atoms with Crippen molar-refractivity contribution in [3.8, 4) is 0 Å². The molecule has 0 aliphatic rings. The molecule has 0 aliphatic carbocycles. The summed E-state index contributed by atoms with van der Waals surface area (Å²) in [5.74, 6) is -1.54. The topological polar surface area (TPSA) is 77.8 Å². The van der Waals surface area contributed by atoms with Crippen LogP contribution in [0.5, 0.6) is 0 Å². The molecular weight excluding hydrogens is 210 g/mol. The van der Waals surface area contributed by atoms with Gasteiger partial charge in [0.2, 0.25) is 0 Å². The van der Waals surface area contributed by atoms with Crippen molar-refractivity contribution < 1.29 is 19.8 Å². The summed E-state index contributed by atoms with van der Waals surface area (Å²) >= 11 is 0. The maximum Gasteiger partial charge on any atom is 0.317 e. The quantitative estimate of drug-likeness (QED) is 0.556. The minimum atomic E-state index is -0.802. The van der Waals surface area contributed by atoms with Gasteiger partial charge < -0.3 is 10.2 Å². The third kappa shape index (κ3) is 11.0. The van der Waals surface area contributed by atoms with Crippen LogP contribution in [0, 0.1) is 0 Å². The summed E-state index contributed by atoms with van der Waals surface area (Å²) in [6.07, 6.45) is 4.95. The average Bonchev–Trinajstić information content (AvgIpc) is 2.14. The molecule has 0 radical (unpaired) electrons. The Morgan fingerprint density at radius 3 is 2.06 bits per heavy atom. The number of hydrogen-bond acceptors (Lipinski definition) is 3. The van der Waals surface area contributed by atoms with E-state index >= 15 is 0 Å². The lowest BCUT2D eigenvalue weighted by Crippen LogP contribution is -2.26. The van der Waals surface area contributed by atoms with E-state index in [2.05, 4.69) is 0 Å². The molecule has 0 aromatic rings. The largest absolute Gasteiger partial charge is 0.481 e. The minimum absolute atomic E-state index is 0.0824. The average molecular weight is 231 g/mol. The van der Waals surface area contributed by atoms with E-state index in [-0.39, 0.29) is 13.0 Å². The lowest BCUT2D eigenvalue weighted by Gasteiger charge is -2.13. The maximum atomic E-state index is 10.4. The second kappa shape index (κ2) is 9.15. The van der Waals surface area contributed by atoms with Gasteiger partial charge in [0.05, 0.1) is 6.54 Å². The zero-order valence-electron chi connectivity index (χ0n) is 9.81. The van der Waals surface area contributed by atoms with E-state index in [4.69, 9.17) is 10.2 Å². The highest BCUT2D eigenvalue weighted by Gasteiger charge is 2.03. The molecule has 0 atom stereocenters. The van der Waals surface area contributed by atoms with Gasteiger partial charge in [0.25, 0.3) is 0 Å². The Balaban J connectivity index is 3.20. The fraction of sp³-hybridized carbons (Fsp3) is 0.818. The van der Waals surface area contributed by atoms with E-state index in [9.17, 15) is 9.59 Å². The van der Waals surface area contributed by atoms with Crippen molar-refractivity contribution in [1.29, 1.82) is 0 Å². The molecule has 0 aromatic heterocycles. The molecule has 0 aromatic carbocycles. The van der Waals surface area contributed by atoms with Crippen LogP contribution in [0.15, 0.2) is 0 Å². The summed E-state index contributed by atoms with van der Waals surface area (Å²) in [5, 5.41) is 16.9. The van der Waals surface area contributed by atoms with Crippen molar-refractivity contribution in [2.24, 2.45) is 0 Å². The Bertz CT molecular complexity index is 218. The highest BCUT2D eigenvalue weighted by molar-refractivity contribution is 5.69. The number of likely N-dealkylation sites (N-methyl/N-ethyl adjacent to an activating group) is 1. The van der Waals surface area contributed by atoms with Gasteiger partial charge in [-0.25, -0.2) is 0 Å². The molecule has 94 valence electrons. The van der Waals surface area contributed by atoms with Gasteiger partial charge in [-0.15, -0.1) is 0 Å². The van der Waals surface area contributed by atoms with Crippen LogP contribution in [-0.4, -0.2) is 47.2 Å². The van der Waals surface area contributed by atoms with Crippen molar-refractivity contribution in [2.45, 2.75) is 38.5 Å². The zero-order chi connectivity index (χ0) is 12.4. The second-order valence-electron chi connectivity index (χ2n) is 4.04. The van der Waals surface area contributed by atoms with Gasteiger partial charge in [-0.3, -0.25) is 14.5 Å². The molecular formula is C11H21NO4. The van der Waals surface area contributed by atoms with E-state index < -0.39 is 11.9 Å². The first-order valence-corrected chi connectivity index (χ1v) is 5.64. The van der Waals surface area contributed by atoms with Crippen molar-refractivity contribution in [3.05, 3.63) is 0 Å². The second-order valence-corrected chi connectivity index (χ2v) is 4.04. The molecule has 0 saturated carbocycles. The van der Waals surface area contributed by atoms with Crippen LogP contribution in [0.25, 0.3) is 0 Å². The van der Waals surface area contributed by atoms with Crippen LogP contribution in [0.3, 0.4) is 0 Å². The molecule has 0 bridgehead atoms. The Morgan fingerprint density at radius 2 is 1.50 bits per heavy atom. The number of nitrogens with zero attached hydrogens (tertiary/aromatic N) is 1. The molecule has 0 unspecified atom stereocenters. The fourth-order valence-corrected chi connectivity index (χ4v) is 1.50. The first kappa shape index (κ1) is 14.9. The van der Waals surface area contributed by atoms with Crippen molar-refractivity contribution in [3.63, 3.8) is 0 Å². The van der Waals surface area contributed by atoms with Crippen LogP contribution in [0.1, 0.15) is 38.5 Å². The van der Waals surface area contributed by atoms with Gasteiger partial charge >= 0.3 is 11.9 Å². The van der Waals surface area contributed by atoms with Gasteiger partial charge in [0, 0.05) is 6.42 Å². The van der Waals surface area contributed by atoms with Crippen LogP contribution in [0.2, 0.25) is 0 Å².